The zero-order valence-electron chi connectivity index (χ0n) is 15.8. The van der Waals surface area contributed by atoms with Gasteiger partial charge < -0.3 is 4.74 Å². The van der Waals surface area contributed by atoms with Gasteiger partial charge in [0.1, 0.15) is 5.75 Å². The molecule has 1 aliphatic heterocycles. The number of hydrogen-bond acceptors (Lipinski definition) is 6. The smallest absolute Gasteiger partial charge is 0.259 e. The molecule has 3 heterocycles. The summed E-state index contributed by atoms with van der Waals surface area (Å²) >= 11 is 4.85. The van der Waals surface area contributed by atoms with Crippen molar-refractivity contribution < 1.29 is 9.53 Å². The first-order valence-corrected chi connectivity index (χ1v) is 11.2. The van der Waals surface area contributed by atoms with E-state index in [9.17, 15) is 4.79 Å². The summed E-state index contributed by atoms with van der Waals surface area (Å²) < 4.78 is 6.63. The minimum absolute atomic E-state index is 0.231. The number of pyridine rings is 1. The van der Waals surface area contributed by atoms with E-state index in [1.54, 1.807) is 12.1 Å². The molecule has 0 spiro atoms. The Morgan fingerprint density at radius 1 is 1.21 bits per heavy atom. The number of carbonyl (C=O) groups excluding carboxylic acids is 1. The van der Waals surface area contributed by atoms with Gasteiger partial charge in [-0.15, -0.1) is 11.3 Å². The molecule has 0 atom stereocenters. The first kappa shape index (κ1) is 20.0. The number of amides is 1. The van der Waals surface area contributed by atoms with Gasteiger partial charge in [-0.3, -0.25) is 15.0 Å². The maximum absolute atomic E-state index is 12.5. The van der Waals surface area contributed by atoms with Gasteiger partial charge in [-0.25, -0.2) is 9.97 Å². The Morgan fingerprint density at radius 2 is 2.07 bits per heavy atom. The molecule has 8 heteroatoms. The summed E-state index contributed by atoms with van der Waals surface area (Å²) in [6.45, 7) is 3.09. The maximum Gasteiger partial charge on any atom is 0.259 e. The number of carbonyl (C=O) groups is 1. The van der Waals surface area contributed by atoms with Crippen LogP contribution >= 0.6 is 27.3 Å². The Kier molecular flexibility index (Phi) is 6.53. The maximum atomic E-state index is 12.5. The zero-order chi connectivity index (χ0) is 20.1. The van der Waals surface area contributed by atoms with E-state index in [0.29, 0.717) is 22.3 Å². The van der Waals surface area contributed by atoms with Crippen molar-refractivity contribution in [3.63, 3.8) is 0 Å². The van der Waals surface area contributed by atoms with Crippen LogP contribution in [0.15, 0.2) is 52.4 Å². The van der Waals surface area contributed by atoms with Gasteiger partial charge in [0.2, 0.25) is 5.88 Å². The number of benzene rings is 1. The van der Waals surface area contributed by atoms with E-state index in [2.05, 4.69) is 36.1 Å². The zero-order valence-corrected chi connectivity index (χ0v) is 18.2. The molecule has 1 N–H and O–H groups in total. The summed E-state index contributed by atoms with van der Waals surface area (Å²) in [6.07, 6.45) is 5.32. The predicted octanol–water partition coefficient (Wildman–Crippen LogP) is 5.33. The number of rotatable bonds is 6. The van der Waals surface area contributed by atoms with Gasteiger partial charge in [-0.1, -0.05) is 28.4 Å². The Bertz CT molecular complexity index is 971. The summed E-state index contributed by atoms with van der Waals surface area (Å²) in [4.78, 5) is 23.7. The number of nitrogens with zero attached hydrogens (tertiary/aromatic N) is 3. The van der Waals surface area contributed by atoms with E-state index >= 15 is 0 Å². The largest absolute Gasteiger partial charge is 0.439 e. The molecule has 0 radical (unpaired) electrons. The molecule has 6 nitrogen and oxygen atoms in total. The first-order chi connectivity index (χ1) is 14.2. The molecular weight excluding hydrogens is 452 g/mol. The van der Waals surface area contributed by atoms with Crippen molar-refractivity contribution in [3.05, 3.63) is 63.7 Å². The monoisotopic (exact) mass is 472 g/mol. The third kappa shape index (κ3) is 5.62. The second-order valence-electron chi connectivity index (χ2n) is 6.88. The Morgan fingerprint density at radius 3 is 2.83 bits per heavy atom. The molecular formula is C21H21BrN4O2S. The van der Waals surface area contributed by atoms with Gasteiger partial charge in [0.15, 0.2) is 5.13 Å². The molecule has 0 unspecified atom stereocenters. The summed E-state index contributed by atoms with van der Waals surface area (Å²) in [7, 11) is 0. The third-order valence-corrected chi connectivity index (χ3v) is 5.92. The molecule has 1 aromatic carbocycles. The lowest BCUT2D eigenvalue weighted by Gasteiger charge is -2.25. The summed E-state index contributed by atoms with van der Waals surface area (Å²) in [6, 6.07) is 10.9. The molecule has 3 aromatic rings. The Hall–Kier alpha value is -2.29. The van der Waals surface area contributed by atoms with Gasteiger partial charge in [0.25, 0.3) is 5.91 Å². The van der Waals surface area contributed by atoms with Crippen LogP contribution in [-0.2, 0) is 6.54 Å². The molecule has 2 aromatic heterocycles. The number of hydrogen-bond donors (Lipinski definition) is 1. The second kappa shape index (κ2) is 9.47. The van der Waals surface area contributed by atoms with Crippen LogP contribution in [0.25, 0.3) is 0 Å². The standard InChI is InChI=1S/C21H21BrN4O2S/c22-16-5-4-6-18(11-16)28-19-8-7-15(12-23-19)20(27)25-21-24-17(14-29-21)13-26-9-2-1-3-10-26/h4-8,11-12,14H,1-3,9-10,13H2,(H,24,25,27). The molecule has 1 saturated heterocycles. The van der Waals surface area contributed by atoms with Crippen molar-refractivity contribution in [2.24, 2.45) is 0 Å². The molecule has 1 fully saturated rings. The van der Waals surface area contributed by atoms with Crippen molar-refractivity contribution >= 4 is 38.3 Å². The fraction of sp³-hybridized carbons (Fsp3) is 0.286. The summed E-state index contributed by atoms with van der Waals surface area (Å²) in [5.41, 5.74) is 1.46. The topological polar surface area (TPSA) is 67.4 Å². The van der Waals surface area contributed by atoms with Gasteiger partial charge in [-0.05, 0) is 50.2 Å². The van der Waals surface area contributed by atoms with Gasteiger partial charge >= 0.3 is 0 Å². The highest BCUT2D eigenvalue weighted by Gasteiger charge is 2.14. The van der Waals surface area contributed by atoms with E-state index in [1.165, 1.54) is 36.8 Å². The van der Waals surface area contributed by atoms with Crippen LogP contribution in [0.5, 0.6) is 11.6 Å². The number of halogens is 1. The number of anilines is 1. The number of ether oxygens (including phenoxy) is 1. The molecule has 1 amide bonds. The number of aromatic nitrogens is 2. The first-order valence-electron chi connectivity index (χ1n) is 9.53. The van der Waals surface area contributed by atoms with Crippen LogP contribution in [0.4, 0.5) is 5.13 Å². The van der Waals surface area contributed by atoms with Crippen molar-refractivity contribution in [3.8, 4) is 11.6 Å². The van der Waals surface area contributed by atoms with Crippen molar-refractivity contribution in [1.29, 1.82) is 0 Å². The van der Waals surface area contributed by atoms with Gasteiger partial charge in [-0.2, -0.15) is 0 Å². The van der Waals surface area contributed by atoms with Gasteiger partial charge in [0.05, 0.1) is 11.3 Å². The minimum Gasteiger partial charge on any atom is -0.439 e. The van der Waals surface area contributed by atoms with Crippen molar-refractivity contribution in [1.82, 2.24) is 14.9 Å². The van der Waals surface area contributed by atoms with Gasteiger partial charge in [0, 0.05) is 28.7 Å². The minimum atomic E-state index is -0.231. The molecule has 29 heavy (non-hydrogen) atoms. The molecule has 0 aliphatic carbocycles. The van der Waals surface area contributed by atoms with E-state index in [4.69, 9.17) is 4.74 Å². The van der Waals surface area contributed by atoms with E-state index < -0.39 is 0 Å². The van der Waals surface area contributed by atoms with E-state index in [1.807, 2.05) is 29.6 Å². The number of thiazole rings is 1. The number of nitrogens with one attached hydrogen (secondary N) is 1. The van der Waals surface area contributed by atoms with Crippen molar-refractivity contribution in [2.45, 2.75) is 25.8 Å². The summed E-state index contributed by atoms with van der Waals surface area (Å²) in [5.74, 6) is 0.871. The highest BCUT2D eigenvalue weighted by atomic mass is 79.9. The quantitative estimate of drug-likeness (QED) is 0.524. The second-order valence-corrected chi connectivity index (χ2v) is 8.65. The van der Waals surface area contributed by atoms with Crippen LogP contribution in [0.1, 0.15) is 35.3 Å². The lowest BCUT2D eigenvalue weighted by Crippen LogP contribution is -2.29. The van der Waals surface area contributed by atoms with Crippen LogP contribution in [-0.4, -0.2) is 33.9 Å². The highest BCUT2D eigenvalue weighted by molar-refractivity contribution is 9.10. The summed E-state index contributed by atoms with van der Waals surface area (Å²) in [5, 5.41) is 5.47. The lowest BCUT2D eigenvalue weighted by molar-refractivity contribution is 0.102. The average Bonchev–Trinajstić information content (AvgIpc) is 3.16. The van der Waals surface area contributed by atoms with Crippen LogP contribution < -0.4 is 10.1 Å². The van der Waals surface area contributed by atoms with Crippen LogP contribution in [0.2, 0.25) is 0 Å². The van der Waals surface area contributed by atoms with Crippen LogP contribution in [0, 0.1) is 0 Å². The fourth-order valence-corrected chi connectivity index (χ4v) is 4.25. The van der Waals surface area contributed by atoms with E-state index in [0.717, 1.165) is 29.8 Å². The fourth-order valence-electron chi connectivity index (χ4n) is 3.18. The molecule has 1 aliphatic rings. The Balaban J connectivity index is 1.33. The normalized spacial score (nSPS) is 14.5. The molecule has 0 bridgehead atoms. The number of piperidine rings is 1. The van der Waals surface area contributed by atoms with Crippen molar-refractivity contribution in [2.75, 3.05) is 18.4 Å². The molecule has 150 valence electrons. The van der Waals surface area contributed by atoms with E-state index in [-0.39, 0.29) is 5.91 Å². The molecule has 0 saturated carbocycles. The Labute approximate surface area is 182 Å². The van der Waals surface area contributed by atoms with Crippen LogP contribution in [0.3, 0.4) is 0 Å². The average molecular weight is 473 g/mol. The highest BCUT2D eigenvalue weighted by Crippen LogP contribution is 2.23. The molecule has 4 rings (SSSR count). The SMILES string of the molecule is O=C(Nc1nc(CN2CCCCC2)cs1)c1ccc(Oc2cccc(Br)c2)nc1. The predicted molar refractivity (Wildman–Crippen MR) is 118 cm³/mol. The third-order valence-electron chi connectivity index (χ3n) is 4.62. The number of likely N-dealkylation sites (tertiary alicyclic amines) is 1. The lowest BCUT2D eigenvalue weighted by atomic mass is 10.1.